The van der Waals surface area contributed by atoms with Crippen molar-refractivity contribution in [3.8, 4) is 0 Å². The molecule has 1 aliphatic rings. The summed E-state index contributed by atoms with van der Waals surface area (Å²) in [5.41, 5.74) is 1.13. The highest BCUT2D eigenvalue weighted by Gasteiger charge is 2.22. The van der Waals surface area contributed by atoms with Crippen LogP contribution in [0.25, 0.3) is 0 Å². The van der Waals surface area contributed by atoms with Crippen molar-refractivity contribution in [1.29, 1.82) is 0 Å². The average molecular weight is 312 g/mol. The Balaban J connectivity index is 1.54. The molecule has 4 nitrogen and oxygen atoms in total. The number of aryl methyl sites for hydroxylation is 1. The molecule has 0 aromatic carbocycles. The van der Waals surface area contributed by atoms with E-state index in [-0.39, 0.29) is 0 Å². The van der Waals surface area contributed by atoms with Crippen molar-refractivity contribution in [3.05, 3.63) is 16.1 Å². The van der Waals surface area contributed by atoms with E-state index in [9.17, 15) is 5.11 Å². The molecule has 3 unspecified atom stereocenters. The van der Waals surface area contributed by atoms with Gasteiger partial charge in [-0.2, -0.15) is 0 Å². The summed E-state index contributed by atoms with van der Waals surface area (Å²) in [7, 11) is 0. The fourth-order valence-electron chi connectivity index (χ4n) is 2.83. The van der Waals surface area contributed by atoms with Gasteiger partial charge in [0.2, 0.25) is 0 Å². The van der Waals surface area contributed by atoms with Gasteiger partial charge in [-0.15, -0.1) is 11.3 Å². The third kappa shape index (κ3) is 6.02. The highest BCUT2D eigenvalue weighted by Crippen LogP contribution is 2.26. The van der Waals surface area contributed by atoms with Gasteiger partial charge >= 0.3 is 0 Å². The van der Waals surface area contributed by atoms with Gasteiger partial charge in [0.25, 0.3) is 0 Å². The predicted octanol–water partition coefficient (Wildman–Crippen LogP) is 2.54. The van der Waals surface area contributed by atoms with Crippen molar-refractivity contribution in [3.63, 3.8) is 0 Å². The van der Waals surface area contributed by atoms with E-state index in [0.29, 0.717) is 25.2 Å². The second-order valence-electron chi connectivity index (χ2n) is 6.10. The lowest BCUT2D eigenvalue weighted by molar-refractivity contribution is -0.0450. The molecule has 3 atom stereocenters. The van der Waals surface area contributed by atoms with Crippen molar-refractivity contribution >= 4 is 11.3 Å². The number of ether oxygens (including phenoxy) is 1. The third-order valence-corrected chi connectivity index (χ3v) is 4.96. The quantitative estimate of drug-likeness (QED) is 0.724. The molecular weight excluding hydrogens is 284 g/mol. The molecule has 1 aliphatic carbocycles. The molecule has 1 saturated carbocycles. The van der Waals surface area contributed by atoms with Crippen molar-refractivity contribution in [2.45, 2.75) is 58.2 Å². The van der Waals surface area contributed by atoms with Crippen LogP contribution in [0.3, 0.4) is 0 Å². The van der Waals surface area contributed by atoms with Crippen LogP contribution in [-0.4, -0.2) is 42.0 Å². The van der Waals surface area contributed by atoms with Gasteiger partial charge in [-0.05, 0) is 25.7 Å². The van der Waals surface area contributed by atoms with Crippen molar-refractivity contribution < 1.29 is 9.84 Å². The molecule has 0 bridgehead atoms. The van der Waals surface area contributed by atoms with Crippen molar-refractivity contribution in [1.82, 2.24) is 10.3 Å². The zero-order valence-electron chi connectivity index (χ0n) is 13.2. The van der Waals surface area contributed by atoms with E-state index in [1.165, 1.54) is 19.3 Å². The fourth-order valence-corrected chi connectivity index (χ4v) is 3.48. The lowest BCUT2D eigenvalue weighted by atomic mass is 9.88. The van der Waals surface area contributed by atoms with E-state index in [2.05, 4.69) is 22.6 Å². The highest BCUT2D eigenvalue weighted by atomic mass is 32.1. The summed E-state index contributed by atoms with van der Waals surface area (Å²) < 4.78 is 5.87. The van der Waals surface area contributed by atoms with E-state index in [0.717, 1.165) is 30.1 Å². The summed E-state index contributed by atoms with van der Waals surface area (Å²) in [6.07, 6.45) is 5.81. The Bertz CT molecular complexity index is 411. The maximum atomic E-state index is 9.97. The molecular formula is C16H28N2O2S. The fraction of sp³-hybridized carbons (Fsp3) is 0.812. The van der Waals surface area contributed by atoms with Crippen LogP contribution in [0.2, 0.25) is 0 Å². The van der Waals surface area contributed by atoms with Crippen LogP contribution in [-0.2, 0) is 11.2 Å². The lowest BCUT2D eigenvalue weighted by Gasteiger charge is -2.29. The van der Waals surface area contributed by atoms with Gasteiger partial charge in [0.05, 0.1) is 29.5 Å². The third-order valence-electron chi connectivity index (χ3n) is 4.14. The molecule has 1 heterocycles. The van der Waals surface area contributed by atoms with Crippen LogP contribution in [0.15, 0.2) is 5.38 Å². The number of hydrogen-bond acceptors (Lipinski definition) is 5. The molecule has 0 amide bonds. The number of aliphatic hydroxyl groups excluding tert-OH is 1. The summed E-state index contributed by atoms with van der Waals surface area (Å²) in [5, 5.41) is 16.5. The van der Waals surface area contributed by atoms with Gasteiger partial charge in [-0.25, -0.2) is 4.98 Å². The van der Waals surface area contributed by atoms with Crippen LogP contribution < -0.4 is 5.32 Å². The number of thiazole rings is 1. The summed E-state index contributed by atoms with van der Waals surface area (Å²) >= 11 is 1.68. The molecule has 2 N–H and O–H groups in total. The van der Waals surface area contributed by atoms with E-state index >= 15 is 0 Å². The summed E-state index contributed by atoms with van der Waals surface area (Å²) in [6.45, 7) is 6.15. The molecule has 1 fully saturated rings. The van der Waals surface area contributed by atoms with Crippen LogP contribution in [0.1, 0.15) is 43.3 Å². The summed E-state index contributed by atoms with van der Waals surface area (Å²) in [4.78, 5) is 4.42. The second kappa shape index (κ2) is 8.83. The SMILES string of the molecule is Cc1nc(CCNCC(O)COC2CCCCC2C)cs1. The predicted molar refractivity (Wildman–Crippen MR) is 86.8 cm³/mol. The molecule has 0 saturated heterocycles. The minimum Gasteiger partial charge on any atom is -0.389 e. The maximum Gasteiger partial charge on any atom is 0.0897 e. The largest absolute Gasteiger partial charge is 0.389 e. The molecule has 21 heavy (non-hydrogen) atoms. The molecule has 0 radical (unpaired) electrons. The van der Waals surface area contributed by atoms with E-state index in [1.807, 2.05) is 6.92 Å². The smallest absolute Gasteiger partial charge is 0.0897 e. The molecule has 0 aliphatic heterocycles. The highest BCUT2D eigenvalue weighted by molar-refractivity contribution is 7.09. The normalized spacial score (nSPS) is 24.1. The minimum atomic E-state index is -0.420. The molecule has 120 valence electrons. The van der Waals surface area contributed by atoms with Crippen molar-refractivity contribution in [2.75, 3.05) is 19.7 Å². The van der Waals surface area contributed by atoms with Crippen LogP contribution in [0, 0.1) is 12.8 Å². The Morgan fingerprint density at radius 1 is 1.48 bits per heavy atom. The van der Waals surface area contributed by atoms with Crippen molar-refractivity contribution in [2.24, 2.45) is 5.92 Å². The average Bonchev–Trinajstić information content (AvgIpc) is 2.88. The summed E-state index contributed by atoms with van der Waals surface area (Å²) in [5.74, 6) is 0.631. The Morgan fingerprint density at radius 3 is 3.00 bits per heavy atom. The van der Waals surface area contributed by atoms with E-state index in [4.69, 9.17) is 4.74 Å². The number of nitrogens with one attached hydrogen (secondary N) is 1. The Kier molecular flexibility index (Phi) is 7.10. The van der Waals surface area contributed by atoms with Crippen LogP contribution in [0.5, 0.6) is 0 Å². The Labute approximate surface area is 131 Å². The summed E-state index contributed by atoms with van der Waals surface area (Å²) in [6, 6.07) is 0. The maximum absolute atomic E-state index is 9.97. The molecule has 1 aromatic rings. The number of aromatic nitrogens is 1. The first-order valence-electron chi connectivity index (χ1n) is 8.06. The number of rotatable bonds is 8. The van der Waals surface area contributed by atoms with Gasteiger partial charge in [0.1, 0.15) is 0 Å². The standard InChI is InChI=1S/C16H28N2O2S/c1-12-5-3-4-6-16(12)20-10-15(19)9-17-8-7-14-11-21-13(2)18-14/h11-12,15-17,19H,3-10H2,1-2H3. The Hall–Kier alpha value is -0.490. The van der Waals surface area contributed by atoms with Gasteiger partial charge in [-0.1, -0.05) is 19.8 Å². The van der Waals surface area contributed by atoms with Gasteiger partial charge in [0, 0.05) is 24.9 Å². The van der Waals surface area contributed by atoms with Gasteiger partial charge < -0.3 is 15.2 Å². The minimum absolute atomic E-state index is 0.339. The number of hydrogen-bond donors (Lipinski definition) is 2. The van der Waals surface area contributed by atoms with Gasteiger partial charge in [-0.3, -0.25) is 0 Å². The topological polar surface area (TPSA) is 54.4 Å². The zero-order valence-corrected chi connectivity index (χ0v) is 14.0. The molecule has 2 rings (SSSR count). The van der Waals surface area contributed by atoms with E-state index < -0.39 is 6.10 Å². The monoisotopic (exact) mass is 312 g/mol. The molecule has 5 heteroatoms. The van der Waals surface area contributed by atoms with Crippen LogP contribution >= 0.6 is 11.3 Å². The first kappa shape index (κ1) is 16.9. The van der Waals surface area contributed by atoms with Crippen LogP contribution in [0.4, 0.5) is 0 Å². The second-order valence-corrected chi connectivity index (χ2v) is 7.16. The first-order chi connectivity index (χ1) is 10.1. The van der Waals surface area contributed by atoms with Gasteiger partial charge in [0.15, 0.2) is 0 Å². The number of aliphatic hydroxyl groups is 1. The van der Waals surface area contributed by atoms with E-state index in [1.54, 1.807) is 11.3 Å². The Morgan fingerprint density at radius 2 is 2.29 bits per heavy atom. The lowest BCUT2D eigenvalue weighted by Crippen LogP contribution is -2.35. The molecule has 0 spiro atoms. The molecule has 1 aromatic heterocycles. The number of nitrogens with zero attached hydrogens (tertiary/aromatic N) is 1. The first-order valence-corrected chi connectivity index (χ1v) is 8.94. The zero-order chi connectivity index (χ0) is 15.1.